The molecule has 104 valence electrons. The Morgan fingerprint density at radius 1 is 1.25 bits per heavy atom. The van der Waals surface area contributed by atoms with E-state index >= 15 is 0 Å². The zero-order valence-corrected chi connectivity index (χ0v) is 11.5. The molecule has 0 saturated heterocycles. The molecular formula is C14H18N6. The lowest BCUT2D eigenvalue weighted by molar-refractivity contribution is 0.606. The third-order valence-electron chi connectivity index (χ3n) is 3.49. The van der Waals surface area contributed by atoms with Crippen molar-refractivity contribution < 1.29 is 0 Å². The van der Waals surface area contributed by atoms with E-state index < -0.39 is 0 Å². The van der Waals surface area contributed by atoms with E-state index in [1.54, 1.807) is 0 Å². The Kier molecular flexibility index (Phi) is 3.33. The van der Waals surface area contributed by atoms with Crippen molar-refractivity contribution in [2.45, 2.75) is 25.8 Å². The third-order valence-corrected chi connectivity index (χ3v) is 3.49. The zero-order valence-electron chi connectivity index (χ0n) is 11.5. The molecule has 2 aromatic heterocycles. The fourth-order valence-electron chi connectivity index (χ4n) is 2.47. The monoisotopic (exact) mass is 270 g/mol. The van der Waals surface area contributed by atoms with Crippen molar-refractivity contribution in [2.24, 2.45) is 11.5 Å². The minimum atomic E-state index is -0.172. The second-order valence-electron chi connectivity index (χ2n) is 4.93. The summed E-state index contributed by atoms with van der Waals surface area (Å²) in [5.41, 5.74) is 15.2. The van der Waals surface area contributed by atoms with Crippen molar-refractivity contribution in [1.29, 1.82) is 0 Å². The molecule has 1 unspecified atom stereocenters. The summed E-state index contributed by atoms with van der Waals surface area (Å²) < 4.78 is 2.01. The van der Waals surface area contributed by atoms with Crippen molar-refractivity contribution in [3.05, 3.63) is 35.8 Å². The zero-order chi connectivity index (χ0) is 14.1. The summed E-state index contributed by atoms with van der Waals surface area (Å²) in [7, 11) is 0. The quantitative estimate of drug-likeness (QED) is 0.745. The van der Waals surface area contributed by atoms with Crippen LogP contribution in [0.4, 0.5) is 0 Å². The first-order valence-electron chi connectivity index (χ1n) is 6.78. The van der Waals surface area contributed by atoms with E-state index in [0.29, 0.717) is 6.54 Å². The fourth-order valence-corrected chi connectivity index (χ4v) is 2.47. The van der Waals surface area contributed by atoms with Gasteiger partial charge in [0.05, 0.1) is 17.1 Å². The van der Waals surface area contributed by atoms with Gasteiger partial charge in [-0.2, -0.15) is 0 Å². The molecule has 3 rings (SSSR count). The van der Waals surface area contributed by atoms with Crippen LogP contribution in [0.2, 0.25) is 0 Å². The number of fused-ring (bicyclic) bond motifs is 3. The van der Waals surface area contributed by atoms with E-state index in [4.69, 9.17) is 11.5 Å². The molecule has 3 aromatic rings. The molecule has 0 aliphatic rings. The number of aromatic nitrogens is 4. The lowest BCUT2D eigenvalue weighted by atomic mass is 10.1. The third kappa shape index (κ3) is 2.03. The molecule has 0 aliphatic heterocycles. The van der Waals surface area contributed by atoms with Gasteiger partial charge in [-0.25, -0.2) is 4.98 Å². The van der Waals surface area contributed by atoms with Crippen molar-refractivity contribution in [3.63, 3.8) is 0 Å². The summed E-state index contributed by atoms with van der Waals surface area (Å²) in [5.74, 6) is 0.839. The summed E-state index contributed by atoms with van der Waals surface area (Å²) in [5, 5.41) is 8.40. The van der Waals surface area contributed by atoms with Crippen LogP contribution in [0.3, 0.4) is 0 Å². The van der Waals surface area contributed by atoms with E-state index in [9.17, 15) is 0 Å². The first-order chi connectivity index (χ1) is 9.72. The normalized spacial score (nSPS) is 13.2. The summed E-state index contributed by atoms with van der Waals surface area (Å²) in [6, 6.07) is 7.77. The van der Waals surface area contributed by atoms with Gasteiger partial charge < -0.3 is 11.5 Å². The molecule has 6 heteroatoms. The van der Waals surface area contributed by atoms with Crippen molar-refractivity contribution in [3.8, 4) is 0 Å². The van der Waals surface area contributed by atoms with E-state index in [1.807, 2.05) is 35.6 Å². The van der Waals surface area contributed by atoms with Gasteiger partial charge in [-0.3, -0.25) is 4.40 Å². The average molecular weight is 270 g/mol. The Morgan fingerprint density at radius 3 is 2.85 bits per heavy atom. The molecule has 0 spiro atoms. The van der Waals surface area contributed by atoms with Crippen LogP contribution in [0.15, 0.2) is 24.3 Å². The highest BCUT2D eigenvalue weighted by molar-refractivity contribution is 5.78. The molecule has 0 fully saturated rings. The number of hydrogen-bond donors (Lipinski definition) is 2. The van der Waals surface area contributed by atoms with Crippen LogP contribution >= 0.6 is 0 Å². The highest BCUT2D eigenvalue weighted by Crippen LogP contribution is 2.23. The van der Waals surface area contributed by atoms with Crippen LogP contribution < -0.4 is 11.5 Å². The molecule has 0 amide bonds. The molecular weight excluding hydrogens is 252 g/mol. The van der Waals surface area contributed by atoms with E-state index in [2.05, 4.69) is 15.2 Å². The predicted octanol–water partition coefficient (Wildman–Crippen LogP) is 1.32. The SMILES string of the molecule is Cc1nnc2c(C(N)CCCN)nc3ccccc3n12. The van der Waals surface area contributed by atoms with Gasteiger partial charge in [0.15, 0.2) is 5.65 Å². The van der Waals surface area contributed by atoms with Gasteiger partial charge >= 0.3 is 0 Å². The van der Waals surface area contributed by atoms with Gasteiger partial charge in [-0.1, -0.05) is 12.1 Å². The number of nitrogens with two attached hydrogens (primary N) is 2. The second kappa shape index (κ2) is 5.15. The highest BCUT2D eigenvalue weighted by atomic mass is 15.3. The van der Waals surface area contributed by atoms with Gasteiger partial charge in [-0.05, 0) is 38.4 Å². The van der Waals surface area contributed by atoms with Crippen LogP contribution in [0.5, 0.6) is 0 Å². The molecule has 20 heavy (non-hydrogen) atoms. The van der Waals surface area contributed by atoms with Crippen LogP contribution in [-0.4, -0.2) is 26.1 Å². The van der Waals surface area contributed by atoms with Gasteiger partial charge in [0.2, 0.25) is 0 Å². The molecule has 0 bridgehead atoms. The van der Waals surface area contributed by atoms with Crippen molar-refractivity contribution in [2.75, 3.05) is 6.54 Å². The van der Waals surface area contributed by atoms with E-state index in [0.717, 1.165) is 41.0 Å². The molecule has 0 aliphatic carbocycles. The largest absolute Gasteiger partial charge is 0.330 e. The lowest BCUT2D eigenvalue weighted by Gasteiger charge is -2.13. The van der Waals surface area contributed by atoms with Gasteiger partial charge in [0.25, 0.3) is 0 Å². The van der Waals surface area contributed by atoms with E-state index in [-0.39, 0.29) is 6.04 Å². The smallest absolute Gasteiger partial charge is 0.184 e. The first kappa shape index (κ1) is 13.0. The number of aryl methyl sites for hydroxylation is 1. The maximum Gasteiger partial charge on any atom is 0.184 e. The molecule has 2 heterocycles. The molecule has 1 atom stereocenters. The number of rotatable bonds is 4. The Balaban J connectivity index is 2.24. The molecule has 4 N–H and O–H groups in total. The lowest BCUT2D eigenvalue weighted by Crippen LogP contribution is -2.16. The number of hydrogen-bond acceptors (Lipinski definition) is 5. The van der Waals surface area contributed by atoms with Crippen LogP contribution in [-0.2, 0) is 0 Å². The topological polar surface area (TPSA) is 95.1 Å². The average Bonchev–Trinajstić information content (AvgIpc) is 2.86. The van der Waals surface area contributed by atoms with Crippen LogP contribution in [0, 0.1) is 6.92 Å². The number of nitrogens with zero attached hydrogens (tertiary/aromatic N) is 4. The second-order valence-corrected chi connectivity index (χ2v) is 4.93. The minimum Gasteiger partial charge on any atom is -0.330 e. The molecule has 6 nitrogen and oxygen atoms in total. The Labute approximate surface area is 116 Å². The number of para-hydroxylation sites is 2. The summed E-state index contributed by atoms with van der Waals surface area (Å²) in [6.07, 6.45) is 1.67. The first-order valence-corrected chi connectivity index (χ1v) is 6.78. The van der Waals surface area contributed by atoms with Crippen LogP contribution in [0.25, 0.3) is 16.7 Å². The van der Waals surface area contributed by atoms with Crippen molar-refractivity contribution >= 4 is 16.7 Å². The minimum absolute atomic E-state index is 0.172. The van der Waals surface area contributed by atoms with Gasteiger partial charge in [-0.15, -0.1) is 10.2 Å². The van der Waals surface area contributed by atoms with Crippen molar-refractivity contribution in [1.82, 2.24) is 19.6 Å². The van der Waals surface area contributed by atoms with E-state index in [1.165, 1.54) is 0 Å². The van der Waals surface area contributed by atoms with Gasteiger partial charge in [0, 0.05) is 0 Å². The molecule has 0 radical (unpaired) electrons. The Bertz CT molecular complexity index is 748. The molecule has 1 aromatic carbocycles. The summed E-state index contributed by atoms with van der Waals surface area (Å²) in [4.78, 5) is 4.68. The number of benzene rings is 1. The maximum absolute atomic E-state index is 6.25. The Hall–Kier alpha value is -2.05. The Morgan fingerprint density at radius 2 is 2.05 bits per heavy atom. The standard InChI is InChI=1S/C14H18N6/c1-9-18-19-14-13(10(16)5-4-8-15)17-11-6-2-3-7-12(11)20(9)14/h2-3,6-7,10H,4-5,8,15-16H2,1H3. The predicted molar refractivity (Wildman–Crippen MR) is 78.2 cm³/mol. The fraction of sp³-hybridized carbons (Fsp3) is 0.357. The highest BCUT2D eigenvalue weighted by Gasteiger charge is 2.17. The molecule has 0 saturated carbocycles. The van der Waals surface area contributed by atoms with Crippen LogP contribution in [0.1, 0.15) is 30.4 Å². The van der Waals surface area contributed by atoms with Gasteiger partial charge in [0.1, 0.15) is 11.5 Å². The summed E-state index contributed by atoms with van der Waals surface area (Å²) in [6.45, 7) is 2.56. The summed E-state index contributed by atoms with van der Waals surface area (Å²) >= 11 is 0. The maximum atomic E-state index is 6.25.